The van der Waals surface area contributed by atoms with Gasteiger partial charge in [0.2, 0.25) is 0 Å². The van der Waals surface area contributed by atoms with E-state index in [1.165, 1.54) is 7.11 Å². The fourth-order valence-electron chi connectivity index (χ4n) is 1.64. The molecular weight excluding hydrogens is 246 g/mol. The Morgan fingerprint density at radius 2 is 1.79 bits per heavy atom. The van der Waals surface area contributed by atoms with Crippen LogP contribution in [0.3, 0.4) is 0 Å². The van der Waals surface area contributed by atoms with Crippen molar-refractivity contribution in [1.29, 1.82) is 0 Å². The van der Waals surface area contributed by atoms with E-state index >= 15 is 0 Å². The molecule has 1 aromatic carbocycles. The smallest absolute Gasteiger partial charge is 0.325 e. The lowest BCUT2D eigenvalue weighted by atomic mass is 10.1. The van der Waals surface area contributed by atoms with E-state index in [0.29, 0.717) is 18.0 Å². The lowest BCUT2D eigenvalue weighted by Crippen LogP contribution is -2.46. The minimum Gasteiger partial charge on any atom is -0.493 e. The highest BCUT2D eigenvalue weighted by molar-refractivity contribution is 5.79. The van der Waals surface area contributed by atoms with Crippen molar-refractivity contribution in [2.75, 3.05) is 21.3 Å². The van der Waals surface area contributed by atoms with Gasteiger partial charge in [-0.15, -0.1) is 0 Å². The van der Waals surface area contributed by atoms with Gasteiger partial charge < -0.3 is 14.2 Å². The van der Waals surface area contributed by atoms with Gasteiger partial charge in [-0.1, -0.05) is 6.07 Å². The maximum Gasteiger partial charge on any atom is 0.325 e. The summed E-state index contributed by atoms with van der Waals surface area (Å²) in [6, 6.07) is 5.63. The van der Waals surface area contributed by atoms with Crippen molar-refractivity contribution in [1.82, 2.24) is 5.32 Å². The molecule has 1 aromatic rings. The molecule has 0 saturated heterocycles. The topological polar surface area (TPSA) is 56.8 Å². The number of esters is 1. The normalized spacial score (nSPS) is 11.0. The van der Waals surface area contributed by atoms with E-state index < -0.39 is 5.54 Å². The van der Waals surface area contributed by atoms with E-state index in [-0.39, 0.29) is 5.97 Å². The van der Waals surface area contributed by atoms with Crippen molar-refractivity contribution in [3.63, 3.8) is 0 Å². The van der Waals surface area contributed by atoms with Gasteiger partial charge in [-0.2, -0.15) is 0 Å². The first kappa shape index (κ1) is 15.3. The molecule has 0 fully saturated rings. The maximum atomic E-state index is 11.5. The second kappa shape index (κ2) is 6.43. The second-order valence-electron chi connectivity index (χ2n) is 4.66. The van der Waals surface area contributed by atoms with Gasteiger partial charge in [-0.25, -0.2) is 0 Å². The van der Waals surface area contributed by atoms with E-state index in [1.807, 2.05) is 18.2 Å². The number of carbonyl (C=O) groups is 1. The van der Waals surface area contributed by atoms with Crippen molar-refractivity contribution in [2.24, 2.45) is 0 Å². The van der Waals surface area contributed by atoms with Gasteiger partial charge in [0.15, 0.2) is 11.5 Å². The van der Waals surface area contributed by atoms with Crippen LogP contribution < -0.4 is 14.8 Å². The Morgan fingerprint density at radius 1 is 1.16 bits per heavy atom. The molecule has 19 heavy (non-hydrogen) atoms. The van der Waals surface area contributed by atoms with Gasteiger partial charge >= 0.3 is 5.97 Å². The van der Waals surface area contributed by atoms with E-state index in [2.05, 4.69) is 5.32 Å². The highest BCUT2D eigenvalue weighted by Gasteiger charge is 2.27. The number of benzene rings is 1. The Morgan fingerprint density at radius 3 is 2.32 bits per heavy atom. The molecule has 0 atom stereocenters. The first-order valence-electron chi connectivity index (χ1n) is 5.99. The van der Waals surface area contributed by atoms with E-state index in [9.17, 15) is 4.79 Å². The van der Waals surface area contributed by atoms with Crippen LogP contribution >= 0.6 is 0 Å². The molecule has 0 bridgehead atoms. The number of hydrogen-bond acceptors (Lipinski definition) is 5. The first-order valence-corrected chi connectivity index (χ1v) is 5.99. The molecule has 0 aliphatic heterocycles. The number of ether oxygens (including phenoxy) is 3. The van der Waals surface area contributed by atoms with Gasteiger partial charge in [-0.05, 0) is 31.5 Å². The first-order chi connectivity index (χ1) is 8.94. The second-order valence-corrected chi connectivity index (χ2v) is 4.66. The summed E-state index contributed by atoms with van der Waals surface area (Å²) in [7, 11) is 4.56. The average Bonchev–Trinajstić information content (AvgIpc) is 2.43. The molecule has 0 heterocycles. The Balaban J connectivity index is 2.76. The summed E-state index contributed by atoms with van der Waals surface area (Å²) in [5.41, 5.74) is 0.261. The van der Waals surface area contributed by atoms with Crippen molar-refractivity contribution >= 4 is 5.97 Å². The third kappa shape index (κ3) is 3.86. The molecule has 0 radical (unpaired) electrons. The van der Waals surface area contributed by atoms with Crippen LogP contribution in [0.15, 0.2) is 18.2 Å². The Kier molecular flexibility index (Phi) is 5.18. The highest BCUT2D eigenvalue weighted by Crippen LogP contribution is 2.27. The van der Waals surface area contributed by atoms with Gasteiger partial charge in [0, 0.05) is 6.54 Å². The van der Waals surface area contributed by atoms with Crippen molar-refractivity contribution < 1.29 is 19.0 Å². The van der Waals surface area contributed by atoms with Crippen LogP contribution in [-0.4, -0.2) is 32.8 Å². The minimum absolute atomic E-state index is 0.298. The molecule has 1 rings (SSSR count). The lowest BCUT2D eigenvalue weighted by molar-refractivity contribution is -0.147. The third-order valence-electron chi connectivity index (χ3n) is 2.88. The highest BCUT2D eigenvalue weighted by atomic mass is 16.5. The quantitative estimate of drug-likeness (QED) is 0.796. The van der Waals surface area contributed by atoms with Crippen molar-refractivity contribution in [2.45, 2.75) is 25.9 Å². The molecule has 5 heteroatoms. The molecular formula is C14H21NO4. The Hall–Kier alpha value is -1.75. The number of nitrogens with one attached hydrogen (secondary N) is 1. The lowest BCUT2D eigenvalue weighted by Gasteiger charge is -2.23. The third-order valence-corrected chi connectivity index (χ3v) is 2.88. The standard InChI is InChI=1S/C14H21NO4/c1-14(2,13(16)19-5)15-9-10-6-7-11(17-3)12(8-10)18-4/h6-8,15H,9H2,1-5H3. The zero-order chi connectivity index (χ0) is 14.5. The zero-order valence-electron chi connectivity index (χ0n) is 12.1. The summed E-state index contributed by atoms with van der Waals surface area (Å²) >= 11 is 0. The predicted octanol–water partition coefficient (Wildman–Crippen LogP) is 1.74. The minimum atomic E-state index is -0.734. The van der Waals surface area contributed by atoms with Gasteiger partial charge in [0.25, 0.3) is 0 Å². The molecule has 0 aliphatic carbocycles. The zero-order valence-corrected chi connectivity index (χ0v) is 12.1. The average molecular weight is 267 g/mol. The monoisotopic (exact) mass is 267 g/mol. The molecule has 0 aromatic heterocycles. The van der Waals surface area contributed by atoms with E-state index in [1.54, 1.807) is 28.1 Å². The van der Waals surface area contributed by atoms with Crippen LogP contribution in [0.2, 0.25) is 0 Å². The Bertz CT molecular complexity index is 443. The predicted molar refractivity (Wildman–Crippen MR) is 72.5 cm³/mol. The number of methoxy groups -OCH3 is 3. The molecule has 5 nitrogen and oxygen atoms in total. The van der Waals surface area contributed by atoms with Crippen LogP contribution in [0.5, 0.6) is 11.5 Å². The molecule has 0 aliphatic rings. The SMILES string of the molecule is COC(=O)C(C)(C)NCc1ccc(OC)c(OC)c1. The largest absolute Gasteiger partial charge is 0.493 e. The molecule has 106 valence electrons. The molecule has 0 saturated carbocycles. The van der Waals surface area contributed by atoms with Crippen molar-refractivity contribution in [3.8, 4) is 11.5 Å². The van der Waals surface area contributed by atoms with E-state index in [0.717, 1.165) is 5.56 Å². The van der Waals surface area contributed by atoms with Gasteiger partial charge in [-0.3, -0.25) is 10.1 Å². The number of rotatable bonds is 6. The summed E-state index contributed by atoms with van der Waals surface area (Å²) < 4.78 is 15.1. The molecule has 1 N–H and O–H groups in total. The summed E-state index contributed by atoms with van der Waals surface area (Å²) in [5, 5.41) is 3.14. The van der Waals surface area contributed by atoms with E-state index in [4.69, 9.17) is 14.2 Å². The van der Waals surface area contributed by atoms with Crippen LogP contribution in [0.25, 0.3) is 0 Å². The van der Waals surface area contributed by atoms with Crippen LogP contribution in [0.4, 0.5) is 0 Å². The van der Waals surface area contributed by atoms with Crippen LogP contribution in [-0.2, 0) is 16.1 Å². The number of hydrogen-bond donors (Lipinski definition) is 1. The molecule has 0 unspecified atom stereocenters. The summed E-state index contributed by atoms with van der Waals surface area (Å²) in [4.78, 5) is 11.5. The summed E-state index contributed by atoms with van der Waals surface area (Å²) in [6.07, 6.45) is 0. The fourth-order valence-corrected chi connectivity index (χ4v) is 1.64. The Labute approximate surface area is 113 Å². The number of carbonyl (C=O) groups excluding carboxylic acids is 1. The maximum absolute atomic E-state index is 11.5. The van der Waals surface area contributed by atoms with Gasteiger partial charge in [0.1, 0.15) is 5.54 Å². The summed E-state index contributed by atoms with van der Waals surface area (Å²) in [6.45, 7) is 4.08. The van der Waals surface area contributed by atoms with Gasteiger partial charge in [0.05, 0.1) is 21.3 Å². The van der Waals surface area contributed by atoms with Crippen LogP contribution in [0.1, 0.15) is 19.4 Å². The fraction of sp³-hybridized carbons (Fsp3) is 0.500. The summed E-state index contributed by atoms with van der Waals surface area (Å²) in [5.74, 6) is 1.05. The van der Waals surface area contributed by atoms with Crippen LogP contribution in [0, 0.1) is 0 Å². The molecule has 0 spiro atoms. The molecule has 0 amide bonds. The van der Waals surface area contributed by atoms with Crippen molar-refractivity contribution in [3.05, 3.63) is 23.8 Å².